The van der Waals surface area contributed by atoms with Crippen molar-refractivity contribution in [2.24, 2.45) is 5.92 Å². The Morgan fingerprint density at radius 3 is 2.68 bits per heavy atom. The van der Waals surface area contributed by atoms with Crippen LogP contribution in [0.5, 0.6) is 0 Å². The van der Waals surface area contributed by atoms with Crippen LogP contribution >= 0.6 is 11.6 Å². The second kappa shape index (κ2) is 9.85. The monoisotopic (exact) mass is 281 g/mol. The molecule has 1 N–H and O–H groups in total. The molecule has 1 aromatic carbocycles. The first kappa shape index (κ1) is 16.0. The third kappa shape index (κ3) is 7.22. The Morgan fingerprint density at radius 1 is 1.32 bits per heavy atom. The highest BCUT2D eigenvalue weighted by Crippen LogP contribution is 2.08. The van der Waals surface area contributed by atoms with Crippen molar-refractivity contribution in [3.05, 3.63) is 35.9 Å². The molecule has 0 aliphatic heterocycles. The number of amides is 1. The van der Waals surface area contributed by atoms with Gasteiger partial charge in [-0.2, -0.15) is 0 Å². The van der Waals surface area contributed by atoms with Crippen molar-refractivity contribution in [2.45, 2.75) is 39.0 Å². The minimum Gasteiger partial charge on any atom is -0.356 e. The number of halogens is 1. The van der Waals surface area contributed by atoms with Gasteiger partial charge < -0.3 is 5.32 Å². The molecule has 0 aliphatic carbocycles. The van der Waals surface area contributed by atoms with E-state index >= 15 is 0 Å². The van der Waals surface area contributed by atoms with E-state index in [0.717, 1.165) is 32.2 Å². The van der Waals surface area contributed by atoms with Crippen LogP contribution in [0.15, 0.2) is 30.3 Å². The molecular weight excluding hydrogens is 258 g/mol. The van der Waals surface area contributed by atoms with Gasteiger partial charge in [-0.3, -0.25) is 4.79 Å². The third-order valence-corrected chi connectivity index (χ3v) is 3.61. The molecule has 0 aliphatic rings. The Hall–Kier alpha value is -1.02. The van der Waals surface area contributed by atoms with Crippen molar-refractivity contribution in [3.8, 4) is 0 Å². The first-order chi connectivity index (χ1) is 9.26. The van der Waals surface area contributed by atoms with E-state index < -0.39 is 0 Å². The van der Waals surface area contributed by atoms with Gasteiger partial charge in [0.25, 0.3) is 0 Å². The number of alkyl halides is 1. The maximum atomic E-state index is 11.7. The second-order valence-corrected chi connectivity index (χ2v) is 5.27. The highest BCUT2D eigenvalue weighted by molar-refractivity contribution is 6.17. The topological polar surface area (TPSA) is 29.1 Å². The maximum Gasteiger partial charge on any atom is 0.220 e. The molecule has 0 radical (unpaired) electrons. The van der Waals surface area contributed by atoms with Crippen LogP contribution in [0.4, 0.5) is 0 Å². The average Bonchev–Trinajstić information content (AvgIpc) is 2.44. The summed E-state index contributed by atoms with van der Waals surface area (Å²) in [7, 11) is 0. The van der Waals surface area contributed by atoms with E-state index in [2.05, 4.69) is 24.4 Å². The number of hydrogen-bond acceptors (Lipinski definition) is 1. The van der Waals surface area contributed by atoms with Crippen LogP contribution in [0.3, 0.4) is 0 Å². The molecule has 0 aromatic heterocycles. The number of carbonyl (C=O) groups excluding carboxylic acids is 1. The number of hydrogen-bond donors (Lipinski definition) is 1. The molecule has 0 bridgehead atoms. The van der Waals surface area contributed by atoms with Gasteiger partial charge in [-0.15, -0.1) is 11.6 Å². The van der Waals surface area contributed by atoms with Gasteiger partial charge in [-0.1, -0.05) is 43.7 Å². The van der Waals surface area contributed by atoms with Crippen LogP contribution in [0.1, 0.15) is 38.2 Å². The van der Waals surface area contributed by atoms with Gasteiger partial charge in [-0.05, 0) is 30.7 Å². The molecule has 106 valence electrons. The van der Waals surface area contributed by atoms with Gasteiger partial charge in [0.2, 0.25) is 5.91 Å². The highest BCUT2D eigenvalue weighted by atomic mass is 35.5. The lowest BCUT2D eigenvalue weighted by Crippen LogP contribution is -2.29. The third-order valence-electron chi connectivity index (χ3n) is 3.39. The SMILES string of the molecule is CCC(CCCl)CNC(=O)CCCc1ccccc1. The molecule has 1 atom stereocenters. The quantitative estimate of drug-likeness (QED) is 0.686. The van der Waals surface area contributed by atoms with Crippen LogP contribution in [0.2, 0.25) is 0 Å². The van der Waals surface area contributed by atoms with Gasteiger partial charge in [0, 0.05) is 18.8 Å². The lowest BCUT2D eigenvalue weighted by molar-refractivity contribution is -0.121. The molecular formula is C16H24ClNO. The van der Waals surface area contributed by atoms with Crippen LogP contribution in [0.25, 0.3) is 0 Å². The van der Waals surface area contributed by atoms with Gasteiger partial charge in [-0.25, -0.2) is 0 Å². The summed E-state index contributed by atoms with van der Waals surface area (Å²) in [5, 5.41) is 3.01. The minimum absolute atomic E-state index is 0.156. The van der Waals surface area contributed by atoms with E-state index in [4.69, 9.17) is 11.6 Å². The molecule has 0 spiro atoms. The Balaban J connectivity index is 2.14. The summed E-state index contributed by atoms with van der Waals surface area (Å²) in [4.78, 5) is 11.7. The lowest BCUT2D eigenvalue weighted by Gasteiger charge is -2.14. The molecule has 0 heterocycles. The van der Waals surface area contributed by atoms with E-state index in [1.54, 1.807) is 0 Å². The molecule has 19 heavy (non-hydrogen) atoms. The number of aryl methyl sites for hydroxylation is 1. The van der Waals surface area contributed by atoms with Crippen molar-refractivity contribution in [1.29, 1.82) is 0 Å². The zero-order chi connectivity index (χ0) is 13.9. The van der Waals surface area contributed by atoms with E-state index in [0.29, 0.717) is 18.2 Å². The summed E-state index contributed by atoms with van der Waals surface area (Å²) in [6, 6.07) is 10.3. The number of carbonyl (C=O) groups is 1. The first-order valence-electron chi connectivity index (χ1n) is 7.12. The van der Waals surface area contributed by atoms with Crippen LogP contribution in [-0.4, -0.2) is 18.3 Å². The largest absolute Gasteiger partial charge is 0.356 e. The summed E-state index contributed by atoms with van der Waals surface area (Å²) in [5.74, 6) is 1.34. The predicted octanol–water partition coefficient (Wildman–Crippen LogP) is 3.78. The summed E-state index contributed by atoms with van der Waals surface area (Å²) >= 11 is 5.73. The van der Waals surface area contributed by atoms with Crippen molar-refractivity contribution in [3.63, 3.8) is 0 Å². The molecule has 0 saturated heterocycles. The summed E-state index contributed by atoms with van der Waals surface area (Å²) in [6.45, 7) is 2.90. The maximum absolute atomic E-state index is 11.7. The average molecular weight is 282 g/mol. The highest BCUT2D eigenvalue weighted by Gasteiger charge is 2.07. The predicted molar refractivity (Wildman–Crippen MR) is 81.5 cm³/mol. The fourth-order valence-corrected chi connectivity index (χ4v) is 2.36. The zero-order valence-electron chi connectivity index (χ0n) is 11.7. The van der Waals surface area contributed by atoms with Crippen molar-refractivity contribution < 1.29 is 4.79 Å². The fourth-order valence-electron chi connectivity index (χ4n) is 2.05. The Labute approximate surface area is 121 Å². The van der Waals surface area contributed by atoms with Crippen LogP contribution < -0.4 is 5.32 Å². The first-order valence-corrected chi connectivity index (χ1v) is 7.66. The van der Waals surface area contributed by atoms with Gasteiger partial charge >= 0.3 is 0 Å². The van der Waals surface area contributed by atoms with E-state index in [9.17, 15) is 4.79 Å². The molecule has 3 heteroatoms. The second-order valence-electron chi connectivity index (χ2n) is 4.90. The normalized spacial score (nSPS) is 12.1. The van der Waals surface area contributed by atoms with Crippen LogP contribution in [0, 0.1) is 5.92 Å². The van der Waals surface area contributed by atoms with Crippen LogP contribution in [-0.2, 0) is 11.2 Å². The Bertz CT molecular complexity index is 353. The summed E-state index contributed by atoms with van der Waals surface area (Å²) in [5.41, 5.74) is 1.30. The molecule has 1 aromatic rings. The smallest absolute Gasteiger partial charge is 0.220 e. The van der Waals surface area contributed by atoms with E-state index in [-0.39, 0.29) is 5.91 Å². The Kier molecular flexibility index (Phi) is 8.31. The van der Waals surface area contributed by atoms with E-state index in [1.807, 2.05) is 18.2 Å². The molecule has 1 rings (SSSR count). The number of rotatable bonds is 9. The summed E-state index contributed by atoms with van der Waals surface area (Å²) < 4.78 is 0. The summed E-state index contributed by atoms with van der Waals surface area (Å²) in [6.07, 6.45) is 4.51. The minimum atomic E-state index is 0.156. The van der Waals surface area contributed by atoms with Crippen molar-refractivity contribution >= 4 is 17.5 Å². The van der Waals surface area contributed by atoms with Gasteiger partial charge in [0.15, 0.2) is 0 Å². The lowest BCUT2D eigenvalue weighted by atomic mass is 10.0. The van der Waals surface area contributed by atoms with E-state index in [1.165, 1.54) is 5.56 Å². The number of benzene rings is 1. The molecule has 1 amide bonds. The van der Waals surface area contributed by atoms with Gasteiger partial charge in [0.1, 0.15) is 0 Å². The Morgan fingerprint density at radius 2 is 2.05 bits per heavy atom. The number of nitrogens with one attached hydrogen (secondary N) is 1. The molecule has 2 nitrogen and oxygen atoms in total. The van der Waals surface area contributed by atoms with Crippen molar-refractivity contribution in [2.75, 3.05) is 12.4 Å². The zero-order valence-corrected chi connectivity index (χ0v) is 12.5. The fraction of sp³-hybridized carbons (Fsp3) is 0.562. The van der Waals surface area contributed by atoms with Gasteiger partial charge in [0.05, 0.1) is 0 Å². The molecule has 1 unspecified atom stereocenters. The van der Waals surface area contributed by atoms with Crippen molar-refractivity contribution in [1.82, 2.24) is 5.32 Å². The molecule has 0 fully saturated rings. The molecule has 0 saturated carbocycles. The standard InChI is InChI=1S/C16H24ClNO/c1-2-14(11-12-17)13-18-16(19)10-6-9-15-7-4-3-5-8-15/h3-5,7-8,14H,2,6,9-13H2,1H3,(H,18,19).